The number of nitrogens with zero attached hydrogens (tertiary/aromatic N) is 1. The van der Waals surface area contributed by atoms with Gasteiger partial charge in [-0.3, -0.25) is 4.79 Å². The van der Waals surface area contributed by atoms with Gasteiger partial charge in [-0.2, -0.15) is 5.26 Å². The highest BCUT2D eigenvalue weighted by molar-refractivity contribution is 6.33. The lowest BCUT2D eigenvalue weighted by Gasteiger charge is -2.33. The Kier molecular flexibility index (Phi) is 4.88. The van der Waals surface area contributed by atoms with Gasteiger partial charge in [-0.1, -0.05) is 17.5 Å². The zero-order valence-electron chi connectivity index (χ0n) is 11.8. The SMILES string of the molecule is C#C[C@]1(CCOc2cc(F)cc(F)c2)CC(Cl)=C(C#N)C(=O)N1. The van der Waals surface area contributed by atoms with Crippen LogP contribution in [0.2, 0.25) is 0 Å². The molecule has 2 rings (SSSR count). The van der Waals surface area contributed by atoms with E-state index in [1.54, 1.807) is 6.07 Å². The van der Waals surface area contributed by atoms with Crippen LogP contribution in [0.15, 0.2) is 28.8 Å². The fourth-order valence-corrected chi connectivity index (χ4v) is 2.53. The summed E-state index contributed by atoms with van der Waals surface area (Å²) in [5.74, 6) is 0.276. The summed E-state index contributed by atoms with van der Waals surface area (Å²) in [4.78, 5) is 11.8. The van der Waals surface area contributed by atoms with Crippen molar-refractivity contribution >= 4 is 17.5 Å². The molecule has 0 unspecified atom stereocenters. The summed E-state index contributed by atoms with van der Waals surface area (Å²) in [6.07, 6.45) is 5.71. The van der Waals surface area contributed by atoms with Crippen molar-refractivity contribution in [2.45, 2.75) is 18.4 Å². The van der Waals surface area contributed by atoms with Gasteiger partial charge in [-0.05, 0) is 0 Å². The average molecular weight is 337 g/mol. The predicted molar refractivity (Wildman–Crippen MR) is 79.3 cm³/mol. The van der Waals surface area contributed by atoms with E-state index >= 15 is 0 Å². The van der Waals surface area contributed by atoms with Gasteiger partial charge in [0.25, 0.3) is 5.91 Å². The number of nitrogens with one attached hydrogen (secondary N) is 1. The van der Waals surface area contributed by atoms with Crippen molar-refractivity contribution in [1.82, 2.24) is 5.32 Å². The van der Waals surface area contributed by atoms with E-state index in [1.807, 2.05) is 0 Å². The van der Waals surface area contributed by atoms with E-state index in [9.17, 15) is 13.6 Å². The fraction of sp³-hybridized carbons (Fsp3) is 0.250. The van der Waals surface area contributed by atoms with Gasteiger partial charge in [0, 0.05) is 36.1 Å². The number of amides is 1. The van der Waals surface area contributed by atoms with Crippen LogP contribution >= 0.6 is 11.6 Å². The van der Waals surface area contributed by atoms with Crippen LogP contribution in [-0.2, 0) is 4.79 Å². The number of rotatable bonds is 4. The summed E-state index contributed by atoms with van der Waals surface area (Å²) < 4.78 is 31.4. The molecule has 1 aromatic carbocycles. The van der Waals surface area contributed by atoms with Crippen LogP contribution in [0.5, 0.6) is 5.75 Å². The first-order valence-corrected chi connectivity index (χ1v) is 6.95. The quantitative estimate of drug-likeness (QED) is 0.860. The first-order valence-electron chi connectivity index (χ1n) is 6.57. The summed E-state index contributed by atoms with van der Waals surface area (Å²) in [5.41, 5.74) is -1.29. The highest BCUT2D eigenvalue weighted by Gasteiger charge is 2.37. The van der Waals surface area contributed by atoms with Crippen molar-refractivity contribution in [3.05, 3.63) is 40.4 Å². The normalized spacial score (nSPS) is 20.5. The zero-order valence-corrected chi connectivity index (χ0v) is 12.6. The Balaban J connectivity index is 2.07. The topological polar surface area (TPSA) is 62.1 Å². The maximum Gasteiger partial charge on any atom is 0.264 e. The third kappa shape index (κ3) is 3.80. The highest BCUT2D eigenvalue weighted by Crippen LogP contribution is 2.30. The van der Waals surface area contributed by atoms with Crippen LogP contribution in [0.3, 0.4) is 0 Å². The van der Waals surface area contributed by atoms with Crippen LogP contribution in [0.1, 0.15) is 12.8 Å². The molecule has 7 heteroatoms. The maximum absolute atomic E-state index is 13.1. The van der Waals surface area contributed by atoms with Crippen molar-refractivity contribution in [2.75, 3.05) is 6.61 Å². The van der Waals surface area contributed by atoms with E-state index in [-0.39, 0.29) is 35.8 Å². The lowest BCUT2D eigenvalue weighted by Crippen LogP contribution is -2.51. The van der Waals surface area contributed by atoms with Crippen LogP contribution in [-0.4, -0.2) is 18.1 Å². The number of carbonyl (C=O) groups is 1. The highest BCUT2D eigenvalue weighted by atomic mass is 35.5. The fourth-order valence-electron chi connectivity index (χ4n) is 2.18. The second-order valence-corrected chi connectivity index (χ2v) is 5.41. The first-order chi connectivity index (χ1) is 10.9. The second-order valence-electron chi connectivity index (χ2n) is 4.95. The Bertz CT molecular complexity index is 744. The second kappa shape index (κ2) is 6.68. The maximum atomic E-state index is 13.1. The number of hydrogen-bond acceptors (Lipinski definition) is 3. The molecule has 0 fully saturated rings. The van der Waals surface area contributed by atoms with E-state index in [0.717, 1.165) is 18.2 Å². The molecule has 1 heterocycles. The molecule has 0 saturated carbocycles. The third-order valence-corrected chi connectivity index (χ3v) is 3.65. The molecule has 1 aliphatic rings. The van der Waals surface area contributed by atoms with E-state index in [4.69, 9.17) is 28.0 Å². The molecule has 1 aromatic rings. The Morgan fingerprint density at radius 1 is 1.39 bits per heavy atom. The van der Waals surface area contributed by atoms with Gasteiger partial charge in [-0.25, -0.2) is 8.78 Å². The number of benzene rings is 1. The summed E-state index contributed by atoms with van der Waals surface area (Å²) in [5, 5.41) is 11.5. The smallest absolute Gasteiger partial charge is 0.264 e. The number of hydrogen-bond donors (Lipinski definition) is 1. The van der Waals surface area contributed by atoms with E-state index in [2.05, 4.69) is 11.2 Å². The Labute approximate surface area is 136 Å². The number of terminal acetylenes is 1. The molecular formula is C16H11ClF2N2O2. The van der Waals surface area contributed by atoms with Crippen molar-refractivity contribution in [1.29, 1.82) is 5.26 Å². The number of halogens is 3. The van der Waals surface area contributed by atoms with Gasteiger partial charge in [0.2, 0.25) is 0 Å². The monoisotopic (exact) mass is 336 g/mol. The molecule has 1 N–H and O–H groups in total. The molecule has 118 valence electrons. The van der Waals surface area contributed by atoms with Crippen LogP contribution in [0, 0.1) is 35.3 Å². The third-order valence-electron chi connectivity index (χ3n) is 3.33. The molecule has 23 heavy (non-hydrogen) atoms. The Morgan fingerprint density at radius 2 is 2.04 bits per heavy atom. The van der Waals surface area contributed by atoms with E-state index in [0.29, 0.717) is 0 Å². The number of carbonyl (C=O) groups excluding carboxylic acids is 1. The summed E-state index contributed by atoms with van der Waals surface area (Å²) in [6, 6.07) is 4.51. The summed E-state index contributed by atoms with van der Waals surface area (Å²) in [7, 11) is 0. The van der Waals surface area contributed by atoms with Crippen molar-refractivity contribution in [3.8, 4) is 24.2 Å². The van der Waals surface area contributed by atoms with Gasteiger partial charge in [0.05, 0.1) is 6.61 Å². The van der Waals surface area contributed by atoms with Crippen molar-refractivity contribution < 1.29 is 18.3 Å². The molecule has 0 bridgehead atoms. The average Bonchev–Trinajstić information content (AvgIpc) is 2.46. The first kappa shape index (κ1) is 16.8. The number of ether oxygens (including phenoxy) is 1. The van der Waals surface area contributed by atoms with Crippen LogP contribution in [0.4, 0.5) is 8.78 Å². The lowest BCUT2D eigenvalue weighted by atomic mass is 9.87. The molecule has 0 saturated heterocycles. The zero-order chi connectivity index (χ0) is 17.0. The largest absolute Gasteiger partial charge is 0.493 e. The molecule has 0 spiro atoms. The summed E-state index contributed by atoms with van der Waals surface area (Å²) >= 11 is 5.94. The minimum absolute atomic E-state index is 0.000566. The van der Waals surface area contributed by atoms with Gasteiger partial charge in [0.1, 0.15) is 34.6 Å². The Morgan fingerprint density at radius 3 is 2.57 bits per heavy atom. The predicted octanol–water partition coefficient (Wildman–Crippen LogP) is 2.64. The molecule has 1 atom stereocenters. The molecule has 1 aliphatic heterocycles. The molecule has 1 amide bonds. The van der Waals surface area contributed by atoms with E-state index < -0.39 is 23.1 Å². The molecular weight excluding hydrogens is 326 g/mol. The molecule has 0 radical (unpaired) electrons. The number of nitriles is 1. The van der Waals surface area contributed by atoms with Crippen molar-refractivity contribution in [2.24, 2.45) is 0 Å². The van der Waals surface area contributed by atoms with Gasteiger partial charge < -0.3 is 10.1 Å². The Hall–Kier alpha value is -2.57. The van der Waals surface area contributed by atoms with Crippen LogP contribution in [0.25, 0.3) is 0 Å². The minimum atomic E-state index is -1.11. The van der Waals surface area contributed by atoms with Crippen LogP contribution < -0.4 is 10.1 Å². The lowest BCUT2D eigenvalue weighted by molar-refractivity contribution is -0.119. The van der Waals surface area contributed by atoms with Crippen molar-refractivity contribution in [3.63, 3.8) is 0 Å². The molecule has 4 nitrogen and oxygen atoms in total. The summed E-state index contributed by atoms with van der Waals surface area (Å²) in [6.45, 7) is -0.000566. The minimum Gasteiger partial charge on any atom is -0.493 e. The molecule has 0 aromatic heterocycles. The van der Waals surface area contributed by atoms with Gasteiger partial charge in [-0.15, -0.1) is 6.42 Å². The van der Waals surface area contributed by atoms with Gasteiger partial charge in [0.15, 0.2) is 0 Å². The van der Waals surface area contributed by atoms with E-state index in [1.165, 1.54) is 0 Å². The van der Waals surface area contributed by atoms with Gasteiger partial charge >= 0.3 is 0 Å². The molecule has 0 aliphatic carbocycles. The standard InChI is InChI=1S/C16H11ClF2N2O2/c1-2-16(8-14(17)13(9-20)15(22)21-16)3-4-23-12-6-10(18)5-11(19)7-12/h1,5-7H,3-4,8H2,(H,21,22)/t16-/m0/s1.